The van der Waals surface area contributed by atoms with Crippen LogP contribution in [0.2, 0.25) is 0 Å². The van der Waals surface area contributed by atoms with E-state index in [0.29, 0.717) is 28.4 Å². The fourth-order valence-electron chi connectivity index (χ4n) is 2.66. The van der Waals surface area contributed by atoms with Crippen molar-refractivity contribution in [1.82, 2.24) is 4.68 Å². The average Bonchev–Trinajstić information content (AvgIpc) is 3.30. The first-order valence-corrected chi connectivity index (χ1v) is 9.34. The maximum atomic E-state index is 13.5. The third-order valence-electron chi connectivity index (χ3n) is 3.98. The average molecular weight is 395 g/mol. The predicted molar refractivity (Wildman–Crippen MR) is 107 cm³/mol. The summed E-state index contributed by atoms with van der Waals surface area (Å²) < 4.78 is 34.2. The van der Waals surface area contributed by atoms with E-state index in [0.717, 1.165) is 23.1 Å². The lowest BCUT2D eigenvalue weighted by Crippen LogP contribution is -2.12. The monoisotopic (exact) mass is 395 g/mol. The summed E-state index contributed by atoms with van der Waals surface area (Å²) in [4.78, 5) is 5.08. The van der Waals surface area contributed by atoms with Crippen LogP contribution in [-0.4, -0.2) is 17.4 Å². The van der Waals surface area contributed by atoms with E-state index in [-0.39, 0.29) is 0 Å². The Morgan fingerprint density at radius 1 is 1.11 bits per heavy atom. The first kappa shape index (κ1) is 18.1. The zero-order chi connectivity index (χ0) is 19.5. The third kappa shape index (κ3) is 3.57. The second kappa shape index (κ2) is 7.74. The van der Waals surface area contributed by atoms with Gasteiger partial charge in [-0.2, -0.15) is 5.10 Å². The molecule has 0 bridgehead atoms. The van der Waals surface area contributed by atoms with Gasteiger partial charge in [0, 0.05) is 10.8 Å². The zero-order valence-electron chi connectivity index (χ0n) is 14.7. The summed E-state index contributed by atoms with van der Waals surface area (Å²) in [5, 5.41) is 7.30. The highest BCUT2D eigenvalue weighted by atomic mass is 32.1. The molecule has 2 aromatic carbocycles. The van der Waals surface area contributed by atoms with Gasteiger partial charge < -0.3 is 4.42 Å². The van der Waals surface area contributed by atoms with Crippen LogP contribution in [0.15, 0.2) is 81.1 Å². The molecule has 0 aliphatic rings. The van der Waals surface area contributed by atoms with Crippen LogP contribution >= 0.6 is 11.3 Å². The molecule has 0 unspecified atom stereocenters. The van der Waals surface area contributed by atoms with E-state index in [1.807, 2.05) is 35.7 Å². The molecule has 4 rings (SSSR count). The lowest BCUT2D eigenvalue weighted by molar-refractivity contribution is 0.508. The summed E-state index contributed by atoms with van der Waals surface area (Å²) in [5.41, 5.74) is 1.91. The summed E-state index contributed by atoms with van der Waals surface area (Å²) >= 11 is 1.40. The van der Waals surface area contributed by atoms with Gasteiger partial charge >= 0.3 is 0 Å². The molecule has 2 heterocycles. The van der Waals surface area contributed by atoms with Crippen molar-refractivity contribution in [3.63, 3.8) is 0 Å². The first-order chi connectivity index (χ1) is 13.7. The molecule has 4 aromatic rings. The molecule has 0 atom stereocenters. The largest absolute Gasteiger partial charge is 0.454 e. The van der Waals surface area contributed by atoms with Gasteiger partial charge in [-0.25, -0.2) is 13.5 Å². The molecule has 7 heteroatoms. The fraction of sp³-hybridized carbons (Fsp3) is 0.0476. The number of halogens is 2. The SMILES string of the molecule is C=CCN=c1scc(-c2cc3ccccc3o2)n1N=Cc1ccc(F)c(F)c1. The second-order valence-electron chi connectivity index (χ2n) is 5.91. The molecule has 0 radical (unpaired) electrons. The van der Waals surface area contributed by atoms with Crippen molar-refractivity contribution in [2.75, 3.05) is 6.54 Å². The van der Waals surface area contributed by atoms with Gasteiger partial charge in [0.1, 0.15) is 11.3 Å². The van der Waals surface area contributed by atoms with E-state index in [9.17, 15) is 8.78 Å². The highest BCUT2D eigenvalue weighted by Gasteiger charge is 2.12. The quantitative estimate of drug-likeness (QED) is 0.338. The molecule has 0 aliphatic heterocycles. The number of benzene rings is 2. The molecule has 0 saturated heterocycles. The summed E-state index contributed by atoms with van der Waals surface area (Å²) in [6.07, 6.45) is 3.14. The molecule has 0 spiro atoms. The molecule has 0 N–H and O–H groups in total. The number of rotatable bonds is 5. The molecular weight excluding hydrogens is 380 g/mol. The Morgan fingerprint density at radius 2 is 1.96 bits per heavy atom. The van der Waals surface area contributed by atoms with Gasteiger partial charge in [-0.15, -0.1) is 17.9 Å². The van der Waals surface area contributed by atoms with Crippen molar-refractivity contribution in [1.29, 1.82) is 0 Å². The van der Waals surface area contributed by atoms with Gasteiger partial charge in [-0.1, -0.05) is 30.3 Å². The Labute approximate surface area is 163 Å². The van der Waals surface area contributed by atoms with Crippen molar-refractivity contribution in [2.45, 2.75) is 0 Å². The summed E-state index contributed by atoms with van der Waals surface area (Å²) in [5.74, 6) is -1.18. The van der Waals surface area contributed by atoms with Gasteiger partial charge in [0.2, 0.25) is 4.80 Å². The number of hydrogen-bond donors (Lipinski definition) is 0. The van der Waals surface area contributed by atoms with Crippen LogP contribution in [0.1, 0.15) is 5.56 Å². The fourth-order valence-corrected chi connectivity index (χ4v) is 3.48. The summed E-state index contributed by atoms with van der Waals surface area (Å²) in [7, 11) is 0. The molecular formula is C21H15F2N3OS. The topological polar surface area (TPSA) is 42.8 Å². The summed E-state index contributed by atoms with van der Waals surface area (Å²) in [6, 6.07) is 13.2. The van der Waals surface area contributed by atoms with Gasteiger partial charge in [-0.05, 0) is 29.8 Å². The van der Waals surface area contributed by atoms with E-state index >= 15 is 0 Å². The van der Waals surface area contributed by atoms with Crippen LogP contribution in [0.4, 0.5) is 8.78 Å². The van der Waals surface area contributed by atoms with Gasteiger partial charge in [0.15, 0.2) is 17.4 Å². The lowest BCUT2D eigenvalue weighted by atomic mass is 10.2. The Morgan fingerprint density at radius 3 is 2.75 bits per heavy atom. The Bertz CT molecular complexity index is 1220. The van der Waals surface area contributed by atoms with Crippen molar-refractivity contribution >= 4 is 28.5 Å². The number of fused-ring (bicyclic) bond motifs is 1. The second-order valence-corrected chi connectivity index (χ2v) is 6.75. The number of para-hydroxylation sites is 1. The van der Waals surface area contributed by atoms with Crippen LogP contribution in [0.25, 0.3) is 22.4 Å². The molecule has 0 fully saturated rings. The van der Waals surface area contributed by atoms with E-state index in [1.54, 1.807) is 10.8 Å². The minimum atomic E-state index is -0.923. The first-order valence-electron chi connectivity index (χ1n) is 8.46. The minimum absolute atomic E-state index is 0.431. The highest BCUT2D eigenvalue weighted by molar-refractivity contribution is 7.07. The third-order valence-corrected chi connectivity index (χ3v) is 4.84. The molecule has 0 amide bonds. The van der Waals surface area contributed by atoms with Crippen LogP contribution < -0.4 is 4.80 Å². The normalized spacial score (nSPS) is 12.3. The summed E-state index contributed by atoms with van der Waals surface area (Å²) in [6.45, 7) is 4.11. The Kier molecular flexibility index (Phi) is 4.99. The number of thiazole rings is 1. The molecule has 4 nitrogen and oxygen atoms in total. The molecule has 28 heavy (non-hydrogen) atoms. The minimum Gasteiger partial charge on any atom is -0.454 e. The molecule has 0 aliphatic carbocycles. The van der Waals surface area contributed by atoms with Gasteiger partial charge in [0.05, 0.1) is 12.8 Å². The molecule has 2 aromatic heterocycles. The van der Waals surface area contributed by atoms with Crippen LogP contribution in [0.3, 0.4) is 0 Å². The zero-order valence-corrected chi connectivity index (χ0v) is 15.5. The van der Waals surface area contributed by atoms with Crippen molar-refractivity contribution in [2.24, 2.45) is 10.1 Å². The smallest absolute Gasteiger partial charge is 0.206 e. The van der Waals surface area contributed by atoms with Gasteiger partial charge in [-0.3, -0.25) is 4.99 Å². The van der Waals surface area contributed by atoms with E-state index in [4.69, 9.17) is 4.42 Å². The van der Waals surface area contributed by atoms with Crippen molar-refractivity contribution < 1.29 is 13.2 Å². The standard InChI is InChI=1S/C21H15F2N3OS/c1-2-9-24-21-26(25-12-14-7-8-16(22)17(23)10-14)18(13-28-21)20-11-15-5-3-4-6-19(15)27-20/h2-8,10-13H,1,9H2. The lowest BCUT2D eigenvalue weighted by Gasteiger charge is -2.01. The number of nitrogens with zero attached hydrogens (tertiary/aromatic N) is 3. The van der Waals surface area contributed by atoms with Gasteiger partial charge in [0.25, 0.3) is 0 Å². The predicted octanol–water partition coefficient (Wildman–Crippen LogP) is 5.21. The van der Waals surface area contributed by atoms with E-state index in [2.05, 4.69) is 16.7 Å². The van der Waals surface area contributed by atoms with E-state index in [1.165, 1.54) is 23.6 Å². The molecule has 140 valence electrons. The number of furan rings is 1. The van der Waals surface area contributed by atoms with Crippen LogP contribution in [0, 0.1) is 11.6 Å². The molecule has 0 saturated carbocycles. The van der Waals surface area contributed by atoms with Crippen molar-refractivity contribution in [3.05, 3.63) is 88.6 Å². The highest BCUT2D eigenvalue weighted by Crippen LogP contribution is 2.28. The van der Waals surface area contributed by atoms with E-state index < -0.39 is 11.6 Å². The Balaban J connectivity index is 1.81. The number of hydrogen-bond acceptors (Lipinski definition) is 4. The van der Waals surface area contributed by atoms with Crippen LogP contribution in [-0.2, 0) is 0 Å². The van der Waals surface area contributed by atoms with Crippen LogP contribution in [0.5, 0.6) is 0 Å². The number of aromatic nitrogens is 1. The van der Waals surface area contributed by atoms with Crippen molar-refractivity contribution in [3.8, 4) is 11.5 Å². The Hall–Kier alpha value is -3.32. The maximum absolute atomic E-state index is 13.5. The maximum Gasteiger partial charge on any atom is 0.206 e.